The van der Waals surface area contributed by atoms with E-state index in [1.54, 1.807) is 23.3 Å². The molecule has 5 nitrogen and oxygen atoms in total. The van der Waals surface area contributed by atoms with Crippen LogP contribution in [-0.2, 0) is 11.3 Å². The van der Waals surface area contributed by atoms with E-state index in [2.05, 4.69) is 15.4 Å². The summed E-state index contributed by atoms with van der Waals surface area (Å²) in [5, 5.41) is 7.08. The number of hydrogen-bond acceptors (Lipinski definition) is 3. The summed E-state index contributed by atoms with van der Waals surface area (Å²) < 4.78 is 1.69. The van der Waals surface area contributed by atoms with Crippen molar-refractivity contribution in [2.75, 3.05) is 0 Å². The molecule has 1 atom stereocenters. The lowest BCUT2D eigenvalue weighted by Crippen LogP contribution is -2.32. The Morgan fingerprint density at radius 2 is 2.32 bits per heavy atom. The van der Waals surface area contributed by atoms with Crippen molar-refractivity contribution in [1.29, 1.82) is 0 Å². The van der Waals surface area contributed by atoms with E-state index in [9.17, 15) is 4.79 Å². The molecule has 0 aromatic carbocycles. The lowest BCUT2D eigenvalue weighted by Gasteiger charge is -2.16. The fourth-order valence-corrected chi connectivity index (χ4v) is 1.96. The van der Waals surface area contributed by atoms with Crippen molar-refractivity contribution in [3.8, 4) is 0 Å². The van der Waals surface area contributed by atoms with E-state index in [4.69, 9.17) is 0 Å². The number of carbonyl (C=O) groups excluding carboxylic acids is 1. The number of aryl methyl sites for hydroxylation is 1. The first-order chi connectivity index (χ1) is 9.22. The number of aromatic nitrogens is 3. The van der Waals surface area contributed by atoms with E-state index < -0.39 is 0 Å². The van der Waals surface area contributed by atoms with Crippen molar-refractivity contribution >= 4 is 5.91 Å². The Morgan fingerprint density at radius 3 is 2.95 bits per heavy atom. The first-order valence-electron chi connectivity index (χ1n) is 6.38. The third kappa shape index (κ3) is 3.19. The quantitative estimate of drug-likeness (QED) is 0.890. The molecule has 1 unspecified atom stereocenters. The molecule has 0 saturated heterocycles. The van der Waals surface area contributed by atoms with Gasteiger partial charge in [-0.05, 0) is 36.6 Å². The van der Waals surface area contributed by atoms with E-state index in [1.807, 2.05) is 32.2 Å². The molecular weight excluding hydrogens is 240 g/mol. The zero-order valence-corrected chi connectivity index (χ0v) is 11.2. The number of rotatable bonds is 5. The number of hydrogen-bond donors (Lipinski definition) is 1. The molecule has 0 aliphatic heterocycles. The molecule has 2 aromatic heterocycles. The van der Waals surface area contributed by atoms with Crippen LogP contribution in [0, 0.1) is 6.92 Å². The molecule has 2 heterocycles. The SMILES string of the molecule is CCC(C(=O)NCc1ccncc1C)n1cccn1. The molecule has 100 valence electrons. The summed E-state index contributed by atoms with van der Waals surface area (Å²) in [7, 11) is 0. The molecule has 0 saturated carbocycles. The van der Waals surface area contributed by atoms with Crippen LogP contribution in [-0.4, -0.2) is 20.7 Å². The summed E-state index contributed by atoms with van der Waals surface area (Å²) in [6, 6.07) is 3.49. The van der Waals surface area contributed by atoms with Crippen molar-refractivity contribution in [3.63, 3.8) is 0 Å². The molecule has 0 spiro atoms. The lowest BCUT2D eigenvalue weighted by molar-refractivity contribution is -0.124. The van der Waals surface area contributed by atoms with Crippen LogP contribution < -0.4 is 5.32 Å². The van der Waals surface area contributed by atoms with Gasteiger partial charge in [0.2, 0.25) is 5.91 Å². The van der Waals surface area contributed by atoms with Gasteiger partial charge in [0.25, 0.3) is 0 Å². The van der Waals surface area contributed by atoms with Crippen molar-refractivity contribution in [2.45, 2.75) is 32.9 Å². The van der Waals surface area contributed by atoms with Crippen molar-refractivity contribution in [2.24, 2.45) is 0 Å². The lowest BCUT2D eigenvalue weighted by atomic mass is 10.1. The molecular formula is C14H18N4O. The average Bonchev–Trinajstić information content (AvgIpc) is 2.92. The van der Waals surface area contributed by atoms with Crippen LogP contribution in [0.2, 0.25) is 0 Å². The Hall–Kier alpha value is -2.17. The van der Waals surface area contributed by atoms with Gasteiger partial charge in [0.1, 0.15) is 6.04 Å². The number of nitrogens with one attached hydrogen (secondary N) is 1. The van der Waals surface area contributed by atoms with Crippen LogP contribution in [0.4, 0.5) is 0 Å². The minimum Gasteiger partial charge on any atom is -0.350 e. The summed E-state index contributed by atoms with van der Waals surface area (Å²) in [6.07, 6.45) is 7.74. The van der Waals surface area contributed by atoms with Crippen LogP contribution in [0.3, 0.4) is 0 Å². The molecule has 1 amide bonds. The highest BCUT2D eigenvalue weighted by Crippen LogP contribution is 2.11. The first-order valence-corrected chi connectivity index (χ1v) is 6.38. The summed E-state index contributed by atoms with van der Waals surface area (Å²) in [5.41, 5.74) is 2.16. The van der Waals surface area contributed by atoms with Crippen LogP contribution in [0.5, 0.6) is 0 Å². The van der Waals surface area contributed by atoms with Gasteiger partial charge in [-0.1, -0.05) is 6.92 Å². The van der Waals surface area contributed by atoms with Gasteiger partial charge in [0, 0.05) is 31.3 Å². The molecule has 2 aromatic rings. The first kappa shape index (κ1) is 13.3. The highest BCUT2D eigenvalue weighted by atomic mass is 16.2. The molecule has 0 fully saturated rings. The normalized spacial score (nSPS) is 12.1. The fraction of sp³-hybridized carbons (Fsp3) is 0.357. The Bertz CT molecular complexity index is 536. The molecule has 0 bridgehead atoms. The highest BCUT2D eigenvalue weighted by molar-refractivity contribution is 5.80. The molecule has 0 aliphatic carbocycles. The molecule has 1 N–H and O–H groups in total. The van der Waals surface area contributed by atoms with Gasteiger partial charge in [-0.15, -0.1) is 0 Å². The second-order valence-electron chi connectivity index (χ2n) is 4.43. The molecule has 0 radical (unpaired) electrons. The predicted octanol–water partition coefficient (Wildman–Crippen LogP) is 1.85. The minimum absolute atomic E-state index is 0.0117. The maximum Gasteiger partial charge on any atom is 0.245 e. The average molecular weight is 258 g/mol. The highest BCUT2D eigenvalue weighted by Gasteiger charge is 2.18. The zero-order valence-electron chi connectivity index (χ0n) is 11.2. The Kier molecular flexibility index (Phi) is 4.28. The predicted molar refractivity (Wildman–Crippen MR) is 72.4 cm³/mol. The van der Waals surface area contributed by atoms with Gasteiger partial charge in [0.05, 0.1) is 0 Å². The Balaban J connectivity index is 1.99. The minimum atomic E-state index is -0.253. The van der Waals surface area contributed by atoms with Gasteiger partial charge in [-0.25, -0.2) is 0 Å². The topological polar surface area (TPSA) is 59.8 Å². The van der Waals surface area contributed by atoms with Crippen molar-refractivity contribution < 1.29 is 4.79 Å². The monoisotopic (exact) mass is 258 g/mol. The second-order valence-corrected chi connectivity index (χ2v) is 4.43. The maximum absolute atomic E-state index is 12.2. The van der Waals surface area contributed by atoms with E-state index in [-0.39, 0.29) is 11.9 Å². The van der Waals surface area contributed by atoms with Crippen LogP contribution in [0.25, 0.3) is 0 Å². The third-order valence-electron chi connectivity index (χ3n) is 3.12. The van der Waals surface area contributed by atoms with E-state index in [1.165, 1.54) is 0 Å². The molecule has 19 heavy (non-hydrogen) atoms. The smallest absolute Gasteiger partial charge is 0.245 e. The summed E-state index contributed by atoms with van der Waals surface area (Å²) >= 11 is 0. The van der Waals surface area contributed by atoms with Crippen LogP contribution in [0.1, 0.15) is 30.5 Å². The van der Waals surface area contributed by atoms with Gasteiger partial charge in [-0.2, -0.15) is 5.10 Å². The second kappa shape index (κ2) is 6.13. The third-order valence-corrected chi connectivity index (χ3v) is 3.12. The van der Waals surface area contributed by atoms with Crippen LogP contribution in [0.15, 0.2) is 36.9 Å². The molecule has 5 heteroatoms. The summed E-state index contributed by atoms with van der Waals surface area (Å²) in [4.78, 5) is 16.2. The zero-order chi connectivity index (χ0) is 13.7. The van der Waals surface area contributed by atoms with Crippen LogP contribution >= 0.6 is 0 Å². The standard InChI is InChI=1S/C14H18N4O/c1-3-13(18-8-4-6-17-18)14(19)16-10-12-5-7-15-9-11(12)2/h4-9,13H,3,10H2,1-2H3,(H,16,19). The summed E-state index contributed by atoms with van der Waals surface area (Å²) in [6.45, 7) is 4.48. The summed E-state index contributed by atoms with van der Waals surface area (Å²) in [5.74, 6) is -0.0117. The molecule has 0 aliphatic rings. The van der Waals surface area contributed by atoms with E-state index in [0.717, 1.165) is 11.1 Å². The van der Waals surface area contributed by atoms with Gasteiger partial charge in [-0.3, -0.25) is 14.5 Å². The largest absolute Gasteiger partial charge is 0.350 e. The van der Waals surface area contributed by atoms with Crippen molar-refractivity contribution in [1.82, 2.24) is 20.1 Å². The molecule has 2 rings (SSSR count). The Labute approximate surface area is 112 Å². The maximum atomic E-state index is 12.2. The van der Waals surface area contributed by atoms with E-state index >= 15 is 0 Å². The Morgan fingerprint density at radius 1 is 1.47 bits per heavy atom. The number of carbonyl (C=O) groups is 1. The number of nitrogens with zero attached hydrogens (tertiary/aromatic N) is 3. The number of amides is 1. The number of pyridine rings is 1. The van der Waals surface area contributed by atoms with Gasteiger partial charge < -0.3 is 5.32 Å². The fourth-order valence-electron chi connectivity index (χ4n) is 1.96. The van der Waals surface area contributed by atoms with E-state index in [0.29, 0.717) is 13.0 Å². The van der Waals surface area contributed by atoms with Gasteiger partial charge in [0.15, 0.2) is 0 Å². The van der Waals surface area contributed by atoms with Gasteiger partial charge >= 0.3 is 0 Å². The van der Waals surface area contributed by atoms with Crippen molar-refractivity contribution in [3.05, 3.63) is 48.0 Å².